The van der Waals surface area contributed by atoms with Crippen LogP contribution in [0.4, 0.5) is 11.4 Å². The Bertz CT molecular complexity index is 897. The van der Waals surface area contributed by atoms with E-state index in [0.29, 0.717) is 25.9 Å². The van der Waals surface area contributed by atoms with Gasteiger partial charge in [-0.15, -0.1) is 11.3 Å². The number of hydrogen-bond acceptors (Lipinski definition) is 4. The lowest BCUT2D eigenvalue weighted by Crippen LogP contribution is -2.47. The van der Waals surface area contributed by atoms with Gasteiger partial charge in [0, 0.05) is 19.0 Å². The Hall–Kier alpha value is -3.12. The van der Waals surface area contributed by atoms with Gasteiger partial charge in [-0.05, 0) is 48.6 Å². The molecule has 2 heterocycles. The highest BCUT2D eigenvalue weighted by molar-refractivity contribution is 7.12. The van der Waals surface area contributed by atoms with Crippen LogP contribution in [0, 0.1) is 5.92 Å². The van der Waals surface area contributed by atoms with Crippen molar-refractivity contribution in [1.29, 1.82) is 0 Å². The molecule has 5 nitrogen and oxygen atoms in total. The third-order valence-electron chi connectivity index (χ3n) is 5.14. The van der Waals surface area contributed by atoms with Gasteiger partial charge in [0.25, 0.3) is 5.91 Å². The number of benzene rings is 2. The summed E-state index contributed by atoms with van der Waals surface area (Å²) in [4.78, 5) is 28.1. The van der Waals surface area contributed by atoms with Crippen molar-refractivity contribution in [3.8, 4) is 0 Å². The Morgan fingerprint density at radius 1 is 0.862 bits per heavy atom. The second-order valence-corrected chi connectivity index (χ2v) is 7.97. The fraction of sp³-hybridized carbons (Fsp3) is 0.217. The normalized spacial score (nSPS) is 14.4. The molecule has 1 aliphatic heterocycles. The maximum Gasteiger partial charge on any atom is 0.263 e. The molecule has 1 aromatic heterocycles. The summed E-state index contributed by atoms with van der Waals surface area (Å²) in [6.45, 7) is 1.21. The van der Waals surface area contributed by atoms with Crippen LogP contribution in [0.25, 0.3) is 0 Å². The van der Waals surface area contributed by atoms with Gasteiger partial charge >= 0.3 is 0 Å². The monoisotopic (exact) mass is 405 g/mol. The van der Waals surface area contributed by atoms with Crippen molar-refractivity contribution in [2.75, 3.05) is 18.1 Å². The van der Waals surface area contributed by atoms with Crippen molar-refractivity contribution in [2.24, 2.45) is 5.92 Å². The fourth-order valence-electron chi connectivity index (χ4n) is 3.53. The third-order valence-corrected chi connectivity index (χ3v) is 5.99. The smallest absolute Gasteiger partial charge is 0.263 e. The summed E-state index contributed by atoms with van der Waals surface area (Å²) in [6, 6.07) is 23.3. The number of likely N-dealkylation sites (tertiary alicyclic amines) is 1. The maximum absolute atomic E-state index is 13.0. The molecule has 1 saturated heterocycles. The number of thiophene rings is 1. The van der Waals surface area contributed by atoms with E-state index in [1.165, 1.54) is 11.3 Å². The number of hydrazine groups is 1. The lowest BCUT2D eigenvalue weighted by molar-refractivity contribution is -0.126. The molecule has 0 spiro atoms. The van der Waals surface area contributed by atoms with Crippen molar-refractivity contribution >= 4 is 34.5 Å². The van der Waals surface area contributed by atoms with Gasteiger partial charge in [0.05, 0.1) is 16.3 Å². The standard InChI is InChI=1S/C23H23N3O2S/c27-22(18-13-15-25(16-14-18)23(28)21-12-7-17-29-21)24-26(19-8-3-1-4-9-19)20-10-5-2-6-11-20/h1-12,17-18H,13-16H2,(H,24,27). The first kappa shape index (κ1) is 19.2. The Balaban J connectivity index is 1.42. The highest BCUT2D eigenvalue weighted by atomic mass is 32.1. The molecule has 0 unspecified atom stereocenters. The van der Waals surface area contributed by atoms with Crippen LogP contribution < -0.4 is 10.4 Å². The molecule has 4 rings (SSSR count). The molecule has 3 aromatic rings. The van der Waals surface area contributed by atoms with Crippen LogP contribution in [0.15, 0.2) is 78.2 Å². The quantitative estimate of drug-likeness (QED) is 0.637. The molecule has 0 radical (unpaired) electrons. The number of rotatable bonds is 5. The van der Waals surface area contributed by atoms with E-state index in [2.05, 4.69) is 5.43 Å². The van der Waals surface area contributed by atoms with E-state index in [4.69, 9.17) is 0 Å². The minimum Gasteiger partial charge on any atom is -0.338 e. The summed E-state index contributed by atoms with van der Waals surface area (Å²) in [5.74, 6) is -0.0627. The zero-order valence-corrected chi connectivity index (χ0v) is 16.8. The molecule has 1 aliphatic rings. The molecule has 148 valence electrons. The Morgan fingerprint density at radius 3 is 1.97 bits per heavy atom. The summed E-state index contributed by atoms with van der Waals surface area (Å²) in [7, 11) is 0. The summed E-state index contributed by atoms with van der Waals surface area (Å²) >= 11 is 1.46. The fourth-order valence-corrected chi connectivity index (χ4v) is 4.23. The molecule has 1 fully saturated rings. The minimum atomic E-state index is -0.114. The lowest BCUT2D eigenvalue weighted by Gasteiger charge is -2.33. The van der Waals surface area contributed by atoms with Crippen molar-refractivity contribution in [1.82, 2.24) is 10.3 Å². The van der Waals surface area contributed by atoms with E-state index in [-0.39, 0.29) is 17.7 Å². The number of nitrogens with one attached hydrogen (secondary N) is 1. The Kier molecular flexibility index (Phi) is 5.91. The first-order chi connectivity index (χ1) is 14.2. The molecule has 1 N–H and O–H groups in total. The Labute approximate surface area is 174 Å². The van der Waals surface area contributed by atoms with Crippen molar-refractivity contribution < 1.29 is 9.59 Å². The molecule has 0 aliphatic carbocycles. The summed E-state index contributed by atoms with van der Waals surface area (Å²) in [5.41, 5.74) is 4.88. The van der Waals surface area contributed by atoms with Crippen LogP contribution in [-0.4, -0.2) is 29.8 Å². The zero-order chi connectivity index (χ0) is 20.1. The largest absolute Gasteiger partial charge is 0.338 e. The van der Waals surface area contributed by atoms with Crippen LogP contribution in [-0.2, 0) is 4.79 Å². The van der Waals surface area contributed by atoms with Crippen molar-refractivity contribution in [3.05, 3.63) is 83.1 Å². The number of anilines is 2. The van der Waals surface area contributed by atoms with Crippen LogP contribution in [0.2, 0.25) is 0 Å². The SMILES string of the molecule is O=C(NN(c1ccccc1)c1ccccc1)C1CCN(C(=O)c2cccs2)CC1. The minimum absolute atomic E-state index is 0.0130. The van der Waals surface area contributed by atoms with E-state index >= 15 is 0 Å². The van der Waals surface area contributed by atoms with E-state index in [0.717, 1.165) is 16.3 Å². The number of nitrogens with zero attached hydrogens (tertiary/aromatic N) is 2. The molecule has 0 saturated carbocycles. The molecular formula is C23H23N3O2S. The summed E-state index contributed by atoms with van der Waals surface area (Å²) in [5, 5.41) is 3.74. The van der Waals surface area contributed by atoms with Crippen LogP contribution in [0.3, 0.4) is 0 Å². The van der Waals surface area contributed by atoms with Gasteiger partial charge < -0.3 is 4.90 Å². The van der Waals surface area contributed by atoms with Gasteiger partial charge in [0.1, 0.15) is 0 Å². The highest BCUT2D eigenvalue weighted by Gasteiger charge is 2.29. The summed E-state index contributed by atoms with van der Waals surface area (Å²) < 4.78 is 0. The van der Waals surface area contributed by atoms with Gasteiger partial charge in [-0.3, -0.25) is 20.0 Å². The van der Waals surface area contributed by atoms with E-state index in [9.17, 15) is 9.59 Å². The number of amides is 2. The first-order valence-corrected chi connectivity index (χ1v) is 10.6. The lowest BCUT2D eigenvalue weighted by atomic mass is 9.96. The number of hydrogen-bond donors (Lipinski definition) is 1. The predicted molar refractivity (Wildman–Crippen MR) is 116 cm³/mol. The molecule has 0 bridgehead atoms. The summed E-state index contributed by atoms with van der Waals surface area (Å²) in [6.07, 6.45) is 1.33. The molecule has 2 amide bonds. The van der Waals surface area contributed by atoms with Crippen LogP contribution in [0.5, 0.6) is 0 Å². The predicted octanol–water partition coefficient (Wildman–Crippen LogP) is 4.47. The van der Waals surface area contributed by atoms with E-state index in [1.54, 1.807) is 0 Å². The second kappa shape index (κ2) is 8.92. The number of carbonyl (C=O) groups excluding carboxylic acids is 2. The van der Waals surface area contributed by atoms with Crippen molar-refractivity contribution in [3.63, 3.8) is 0 Å². The average Bonchev–Trinajstić information content (AvgIpc) is 3.33. The van der Waals surface area contributed by atoms with Crippen LogP contribution in [0.1, 0.15) is 22.5 Å². The zero-order valence-electron chi connectivity index (χ0n) is 16.0. The van der Waals surface area contributed by atoms with Gasteiger partial charge in [0.2, 0.25) is 5.91 Å². The first-order valence-electron chi connectivity index (χ1n) is 9.76. The van der Waals surface area contributed by atoms with Crippen molar-refractivity contribution in [2.45, 2.75) is 12.8 Å². The maximum atomic E-state index is 13.0. The van der Waals surface area contributed by atoms with Gasteiger partial charge in [-0.25, -0.2) is 0 Å². The highest BCUT2D eigenvalue weighted by Crippen LogP contribution is 2.25. The number of carbonyl (C=O) groups is 2. The van der Waals surface area contributed by atoms with E-state index < -0.39 is 0 Å². The number of para-hydroxylation sites is 2. The third kappa shape index (κ3) is 4.49. The van der Waals surface area contributed by atoms with Gasteiger partial charge in [-0.1, -0.05) is 42.5 Å². The Morgan fingerprint density at radius 2 is 1.45 bits per heavy atom. The molecule has 6 heteroatoms. The molecule has 29 heavy (non-hydrogen) atoms. The second-order valence-electron chi connectivity index (χ2n) is 7.03. The molecular weight excluding hydrogens is 382 g/mol. The van der Waals surface area contributed by atoms with Gasteiger partial charge in [0.15, 0.2) is 0 Å². The molecule has 2 aromatic carbocycles. The molecule has 0 atom stereocenters. The van der Waals surface area contributed by atoms with Crippen LogP contribution >= 0.6 is 11.3 Å². The number of piperidine rings is 1. The van der Waals surface area contributed by atoms with E-state index in [1.807, 2.05) is 88.1 Å². The average molecular weight is 406 g/mol. The topological polar surface area (TPSA) is 52.7 Å². The van der Waals surface area contributed by atoms with Gasteiger partial charge in [-0.2, -0.15) is 0 Å².